The summed E-state index contributed by atoms with van der Waals surface area (Å²) in [6.07, 6.45) is 1.82. The molecule has 0 spiro atoms. The van der Waals surface area contributed by atoms with Gasteiger partial charge in [0.2, 0.25) is 5.91 Å². The molecule has 1 atom stereocenters. The molecule has 2 rings (SSSR count). The summed E-state index contributed by atoms with van der Waals surface area (Å²) in [5.41, 5.74) is 0.932. The van der Waals surface area contributed by atoms with Crippen molar-refractivity contribution in [2.75, 3.05) is 0 Å². The van der Waals surface area contributed by atoms with Crippen LogP contribution in [0, 0.1) is 19.8 Å². The van der Waals surface area contributed by atoms with Gasteiger partial charge >= 0.3 is 0 Å². The van der Waals surface area contributed by atoms with Gasteiger partial charge in [-0.15, -0.1) is 11.3 Å². The van der Waals surface area contributed by atoms with Gasteiger partial charge in [-0.3, -0.25) is 14.2 Å². The van der Waals surface area contributed by atoms with Crippen LogP contribution in [0.25, 0.3) is 10.2 Å². The first kappa shape index (κ1) is 16.7. The van der Waals surface area contributed by atoms with Gasteiger partial charge in [-0.2, -0.15) is 0 Å². The van der Waals surface area contributed by atoms with Crippen LogP contribution in [0.3, 0.4) is 0 Å². The van der Waals surface area contributed by atoms with Crippen molar-refractivity contribution in [3.63, 3.8) is 0 Å². The molecule has 1 unspecified atom stereocenters. The van der Waals surface area contributed by atoms with Gasteiger partial charge in [0.05, 0.1) is 11.7 Å². The molecule has 2 heterocycles. The standard InChI is InChI=1S/C16H23N3O2S/c1-9(2)11(4)18-13(20)6-7-19-8-17-15-14(16(19)21)10(3)12(5)22-15/h8-9,11H,6-7H2,1-5H3,(H,18,20). The molecule has 2 aromatic rings. The van der Waals surface area contributed by atoms with Crippen LogP contribution < -0.4 is 10.9 Å². The molecule has 5 nitrogen and oxygen atoms in total. The van der Waals surface area contributed by atoms with Gasteiger partial charge in [0.1, 0.15) is 4.83 Å². The number of aryl methyl sites for hydroxylation is 3. The molecule has 0 aliphatic heterocycles. The topological polar surface area (TPSA) is 64.0 Å². The third-order valence-corrected chi connectivity index (χ3v) is 5.24. The summed E-state index contributed by atoms with van der Waals surface area (Å²) in [6.45, 7) is 10.4. The van der Waals surface area contributed by atoms with Gasteiger partial charge in [0, 0.05) is 23.9 Å². The Hall–Kier alpha value is -1.69. The molecule has 120 valence electrons. The van der Waals surface area contributed by atoms with Crippen molar-refractivity contribution in [1.29, 1.82) is 0 Å². The van der Waals surface area contributed by atoms with Crippen molar-refractivity contribution in [2.24, 2.45) is 5.92 Å². The van der Waals surface area contributed by atoms with Crippen molar-refractivity contribution in [2.45, 2.75) is 53.6 Å². The third-order valence-electron chi connectivity index (χ3n) is 4.12. The van der Waals surface area contributed by atoms with E-state index in [1.165, 1.54) is 15.9 Å². The molecule has 0 saturated heterocycles. The van der Waals surface area contributed by atoms with E-state index < -0.39 is 0 Å². The second-order valence-electron chi connectivity index (χ2n) is 6.06. The number of hydrogen-bond acceptors (Lipinski definition) is 4. The molecule has 0 fully saturated rings. The van der Waals surface area contributed by atoms with Gasteiger partial charge in [-0.1, -0.05) is 13.8 Å². The Morgan fingerprint density at radius 1 is 1.36 bits per heavy atom. The fourth-order valence-electron chi connectivity index (χ4n) is 2.14. The van der Waals surface area contributed by atoms with Gasteiger partial charge in [-0.25, -0.2) is 4.98 Å². The molecule has 0 saturated carbocycles. The monoisotopic (exact) mass is 321 g/mol. The summed E-state index contributed by atoms with van der Waals surface area (Å²) in [6, 6.07) is 0.131. The Labute approximate surface area is 134 Å². The number of thiophene rings is 1. The van der Waals surface area contributed by atoms with Crippen molar-refractivity contribution in [3.8, 4) is 0 Å². The van der Waals surface area contributed by atoms with Crippen LogP contribution in [0.15, 0.2) is 11.1 Å². The molecule has 6 heteroatoms. The smallest absolute Gasteiger partial charge is 0.262 e. The van der Waals surface area contributed by atoms with Gasteiger partial charge in [0.25, 0.3) is 5.56 Å². The Kier molecular flexibility index (Phi) is 5.01. The molecular formula is C16H23N3O2S. The maximum absolute atomic E-state index is 12.5. The quantitative estimate of drug-likeness (QED) is 0.921. The summed E-state index contributed by atoms with van der Waals surface area (Å²) < 4.78 is 1.53. The highest BCUT2D eigenvalue weighted by atomic mass is 32.1. The average molecular weight is 321 g/mol. The summed E-state index contributed by atoms with van der Waals surface area (Å²) in [4.78, 5) is 30.7. The molecule has 1 amide bonds. The molecule has 22 heavy (non-hydrogen) atoms. The van der Waals surface area contributed by atoms with Crippen molar-refractivity contribution in [1.82, 2.24) is 14.9 Å². The number of fused-ring (bicyclic) bond motifs is 1. The highest BCUT2D eigenvalue weighted by Gasteiger charge is 2.14. The fraction of sp³-hybridized carbons (Fsp3) is 0.562. The van der Waals surface area contributed by atoms with E-state index in [0.717, 1.165) is 15.3 Å². The summed E-state index contributed by atoms with van der Waals surface area (Å²) in [5.74, 6) is 0.354. The number of nitrogens with one attached hydrogen (secondary N) is 1. The molecular weight excluding hydrogens is 298 g/mol. The lowest BCUT2D eigenvalue weighted by atomic mass is 10.1. The first-order valence-corrected chi connectivity index (χ1v) is 8.37. The van der Waals surface area contributed by atoms with Crippen LogP contribution in [-0.2, 0) is 11.3 Å². The largest absolute Gasteiger partial charge is 0.353 e. The fourth-order valence-corrected chi connectivity index (χ4v) is 3.13. The molecule has 0 aliphatic rings. The number of aromatic nitrogens is 2. The summed E-state index contributed by atoms with van der Waals surface area (Å²) >= 11 is 1.53. The Morgan fingerprint density at radius 2 is 2.05 bits per heavy atom. The van der Waals surface area contributed by atoms with E-state index in [0.29, 0.717) is 17.8 Å². The van der Waals surface area contributed by atoms with Crippen LogP contribution in [0.2, 0.25) is 0 Å². The number of rotatable bonds is 5. The third kappa shape index (κ3) is 3.38. The number of carbonyl (C=O) groups is 1. The minimum atomic E-state index is -0.0587. The van der Waals surface area contributed by atoms with E-state index in [9.17, 15) is 9.59 Å². The van der Waals surface area contributed by atoms with Crippen LogP contribution in [-0.4, -0.2) is 21.5 Å². The second-order valence-corrected chi connectivity index (χ2v) is 7.26. The Bertz CT molecular complexity index is 746. The van der Waals surface area contributed by atoms with Crippen molar-refractivity contribution in [3.05, 3.63) is 27.1 Å². The first-order chi connectivity index (χ1) is 10.3. The minimum absolute atomic E-state index is 0.0357. The van der Waals surface area contributed by atoms with Crippen molar-refractivity contribution < 1.29 is 4.79 Å². The number of carbonyl (C=O) groups excluding carboxylic acids is 1. The SMILES string of the molecule is Cc1sc2ncn(CCC(=O)NC(C)C(C)C)c(=O)c2c1C. The normalized spacial score (nSPS) is 12.8. The zero-order valence-electron chi connectivity index (χ0n) is 13.8. The summed E-state index contributed by atoms with van der Waals surface area (Å²) in [5, 5.41) is 3.63. The van der Waals surface area contributed by atoms with Gasteiger partial charge in [0.15, 0.2) is 0 Å². The maximum atomic E-state index is 12.5. The second kappa shape index (κ2) is 6.60. The molecule has 0 aromatic carbocycles. The maximum Gasteiger partial charge on any atom is 0.262 e. The van der Waals surface area contributed by atoms with Gasteiger partial charge < -0.3 is 5.32 Å². The highest BCUT2D eigenvalue weighted by molar-refractivity contribution is 7.18. The molecule has 0 aliphatic carbocycles. The zero-order valence-corrected chi connectivity index (χ0v) is 14.6. The van der Waals surface area contributed by atoms with Gasteiger partial charge in [-0.05, 0) is 32.3 Å². The van der Waals surface area contributed by atoms with Crippen LogP contribution in [0.1, 0.15) is 37.6 Å². The van der Waals surface area contributed by atoms with Crippen LogP contribution >= 0.6 is 11.3 Å². The van der Waals surface area contributed by atoms with E-state index in [2.05, 4.69) is 24.1 Å². The molecule has 0 bridgehead atoms. The van der Waals surface area contributed by atoms with Crippen LogP contribution in [0.4, 0.5) is 0 Å². The number of nitrogens with zero attached hydrogens (tertiary/aromatic N) is 2. The Morgan fingerprint density at radius 3 is 2.68 bits per heavy atom. The lowest BCUT2D eigenvalue weighted by Gasteiger charge is -2.17. The predicted molar refractivity (Wildman–Crippen MR) is 90.4 cm³/mol. The van der Waals surface area contributed by atoms with E-state index in [-0.39, 0.29) is 23.9 Å². The van der Waals surface area contributed by atoms with E-state index in [1.807, 2.05) is 20.8 Å². The van der Waals surface area contributed by atoms with E-state index in [1.54, 1.807) is 6.33 Å². The highest BCUT2D eigenvalue weighted by Crippen LogP contribution is 2.25. The van der Waals surface area contributed by atoms with E-state index >= 15 is 0 Å². The summed E-state index contributed by atoms with van der Waals surface area (Å²) in [7, 11) is 0. The number of hydrogen-bond donors (Lipinski definition) is 1. The van der Waals surface area contributed by atoms with Crippen LogP contribution in [0.5, 0.6) is 0 Å². The minimum Gasteiger partial charge on any atom is -0.353 e. The molecule has 0 radical (unpaired) electrons. The van der Waals surface area contributed by atoms with E-state index in [4.69, 9.17) is 0 Å². The number of amides is 1. The zero-order chi connectivity index (χ0) is 16.4. The molecule has 2 aromatic heterocycles. The average Bonchev–Trinajstić information content (AvgIpc) is 2.74. The lowest BCUT2D eigenvalue weighted by molar-refractivity contribution is -0.122. The first-order valence-electron chi connectivity index (χ1n) is 7.55. The lowest BCUT2D eigenvalue weighted by Crippen LogP contribution is -2.37. The predicted octanol–water partition coefficient (Wildman–Crippen LogP) is 2.63. The molecule has 1 N–H and O–H groups in total. The van der Waals surface area contributed by atoms with Crippen molar-refractivity contribution >= 4 is 27.5 Å². The Balaban J connectivity index is 2.13.